The van der Waals surface area contributed by atoms with Crippen LogP contribution < -0.4 is 0 Å². The van der Waals surface area contributed by atoms with E-state index >= 15 is 0 Å². The van der Waals surface area contributed by atoms with Crippen molar-refractivity contribution in [2.45, 2.75) is 79.6 Å². The predicted molar refractivity (Wildman–Crippen MR) is 175 cm³/mol. The van der Waals surface area contributed by atoms with Gasteiger partial charge in [0.1, 0.15) is 4.83 Å². The van der Waals surface area contributed by atoms with E-state index in [0.717, 1.165) is 48.0 Å². The van der Waals surface area contributed by atoms with Gasteiger partial charge in [-0.05, 0) is 54.7 Å². The van der Waals surface area contributed by atoms with Gasteiger partial charge in [0.2, 0.25) is 0 Å². The molecule has 0 aliphatic carbocycles. The molecule has 0 aliphatic rings. The van der Waals surface area contributed by atoms with Gasteiger partial charge in [0.15, 0.2) is 5.78 Å². The standard InChI is InChI=1S/C23H19N2S.C13H24O2.Ir/c1-23(2,3)20-13-17(12-16-6-4-5-7-19(16)20)21-24-14-18-9-8-15-10-11-26-22(15)25(18)21;1-5-10(6-2)12(14)9-13(15)11(7-3)8-4;/h4-11,13-14H,1-3H3;9-11,14H,5-8H2,1-4H3;/q-1;;. The van der Waals surface area contributed by atoms with Crippen molar-refractivity contribution in [3.63, 3.8) is 0 Å². The average Bonchev–Trinajstić information content (AvgIpc) is 3.60. The number of carbonyl (C=O) groups excluding carboxylic acids is 1. The monoisotopic (exact) mass is 760 g/mol. The zero-order valence-corrected chi connectivity index (χ0v) is 29.0. The number of aromatic nitrogens is 2. The van der Waals surface area contributed by atoms with Gasteiger partial charge in [0.25, 0.3) is 0 Å². The number of rotatable bonds is 8. The third kappa shape index (κ3) is 7.22. The molecule has 3 aromatic heterocycles. The first-order chi connectivity index (χ1) is 19.6. The Bertz CT molecular complexity index is 1670. The number of hydrogen-bond donors (Lipinski definition) is 1. The molecule has 0 saturated heterocycles. The number of fused-ring (bicyclic) bond motifs is 4. The van der Waals surface area contributed by atoms with Gasteiger partial charge in [-0.1, -0.05) is 77.6 Å². The SMILES string of the molecule is CC(C)(C)c1cc(-c2ncc3ccc4ccsc4n23)[c-]c2ccccc12.CCC(CC)C(=O)C=C(O)C(CC)CC.[Ir]. The summed E-state index contributed by atoms with van der Waals surface area (Å²) in [4.78, 5) is 17.7. The maximum Gasteiger partial charge on any atom is 0.162 e. The summed E-state index contributed by atoms with van der Waals surface area (Å²) in [5, 5.41) is 15.6. The van der Waals surface area contributed by atoms with Crippen LogP contribution in [0.4, 0.5) is 0 Å². The largest absolute Gasteiger partial charge is 0.512 e. The number of aliphatic hydroxyl groups is 1. The number of pyridine rings is 1. The number of carbonyl (C=O) groups is 1. The molecule has 0 aliphatic heterocycles. The van der Waals surface area contributed by atoms with E-state index in [9.17, 15) is 9.90 Å². The molecule has 5 rings (SSSR count). The summed E-state index contributed by atoms with van der Waals surface area (Å²) < 4.78 is 2.26. The number of imidazole rings is 1. The number of benzene rings is 2. The van der Waals surface area contributed by atoms with E-state index in [-0.39, 0.29) is 48.9 Å². The average molecular weight is 760 g/mol. The second-order valence-corrected chi connectivity index (χ2v) is 12.6. The Hall–Kier alpha value is -2.79. The molecule has 0 saturated carbocycles. The van der Waals surface area contributed by atoms with E-state index in [1.165, 1.54) is 27.2 Å². The van der Waals surface area contributed by atoms with Crippen LogP contribution in [0.5, 0.6) is 0 Å². The molecule has 4 nitrogen and oxygen atoms in total. The quantitative estimate of drug-likeness (QED) is 0.0974. The van der Waals surface area contributed by atoms with Crippen molar-refractivity contribution in [2.75, 3.05) is 0 Å². The van der Waals surface area contributed by atoms with Gasteiger partial charge in [-0.3, -0.25) is 9.78 Å². The summed E-state index contributed by atoms with van der Waals surface area (Å²) >= 11 is 1.75. The molecule has 0 amide bonds. The molecular weight excluding hydrogens is 717 g/mol. The second kappa shape index (κ2) is 14.6. The first-order valence-corrected chi connectivity index (χ1v) is 15.7. The molecule has 0 unspecified atom stereocenters. The smallest absolute Gasteiger partial charge is 0.162 e. The fraction of sp³-hybridized carbons (Fsp3) is 0.389. The topological polar surface area (TPSA) is 54.6 Å². The number of hydrogen-bond acceptors (Lipinski definition) is 4. The zero-order chi connectivity index (χ0) is 29.7. The van der Waals surface area contributed by atoms with E-state index in [0.29, 0.717) is 0 Å². The van der Waals surface area contributed by atoms with Crippen molar-refractivity contribution in [2.24, 2.45) is 11.8 Å². The molecule has 1 N–H and O–H groups in total. The molecule has 1 radical (unpaired) electrons. The van der Waals surface area contributed by atoms with Gasteiger partial charge in [0.05, 0.1) is 17.1 Å². The van der Waals surface area contributed by atoms with Crippen LogP contribution in [0.2, 0.25) is 0 Å². The van der Waals surface area contributed by atoms with Crippen molar-refractivity contribution in [3.05, 3.63) is 83.6 Å². The molecule has 0 bridgehead atoms. The van der Waals surface area contributed by atoms with Gasteiger partial charge in [0, 0.05) is 49.6 Å². The Kier molecular flexibility index (Phi) is 11.7. The number of thiophene rings is 1. The van der Waals surface area contributed by atoms with Crippen LogP contribution in [0.1, 0.15) is 79.7 Å². The first-order valence-electron chi connectivity index (χ1n) is 14.9. The van der Waals surface area contributed by atoms with E-state index in [2.05, 4.69) is 85.1 Å². The maximum atomic E-state index is 11.7. The van der Waals surface area contributed by atoms with E-state index in [1.807, 2.05) is 33.9 Å². The van der Waals surface area contributed by atoms with E-state index in [1.54, 1.807) is 11.3 Å². The zero-order valence-electron chi connectivity index (χ0n) is 25.8. The Morgan fingerprint density at radius 2 is 1.67 bits per heavy atom. The van der Waals surface area contributed by atoms with Gasteiger partial charge in [-0.15, -0.1) is 40.5 Å². The first kappa shape index (κ1) is 33.7. The molecule has 0 spiro atoms. The summed E-state index contributed by atoms with van der Waals surface area (Å²) in [7, 11) is 0. The van der Waals surface area contributed by atoms with Gasteiger partial charge < -0.3 is 9.51 Å². The number of nitrogens with zero attached hydrogens (tertiary/aromatic N) is 2. The van der Waals surface area contributed by atoms with Crippen LogP contribution in [-0.2, 0) is 30.3 Å². The molecule has 0 fully saturated rings. The molecular formula is C36H43IrN2O2S-. The summed E-state index contributed by atoms with van der Waals surface area (Å²) in [6, 6.07) is 20.9. The number of allylic oxidation sites excluding steroid dienone is 2. The number of ketones is 1. The van der Waals surface area contributed by atoms with Crippen LogP contribution in [0.25, 0.3) is 37.9 Å². The van der Waals surface area contributed by atoms with Crippen LogP contribution in [0.15, 0.2) is 71.9 Å². The van der Waals surface area contributed by atoms with E-state index < -0.39 is 0 Å². The summed E-state index contributed by atoms with van der Waals surface area (Å²) in [5.41, 5.74) is 3.55. The summed E-state index contributed by atoms with van der Waals surface area (Å²) in [6.07, 6.45) is 6.86. The molecule has 42 heavy (non-hydrogen) atoms. The Labute approximate surface area is 268 Å². The molecule has 5 aromatic rings. The van der Waals surface area contributed by atoms with E-state index in [4.69, 9.17) is 4.98 Å². The van der Waals surface area contributed by atoms with Crippen LogP contribution in [-0.4, -0.2) is 20.3 Å². The van der Waals surface area contributed by atoms with Crippen molar-refractivity contribution < 1.29 is 30.0 Å². The van der Waals surface area contributed by atoms with Crippen molar-refractivity contribution >= 4 is 43.6 Å². The van der Waals surface area contributed by atoms with Crippen LogP contribution in [0.3, 0.4) is 0 Å². The normalized spacial score (nSPS) is 12.2. The minimum absolute atomic E-state index is 0. The van der Waals surface area contributed by atoms with Gasteiger partial charge >= 0.3 is 0 Å². The number of aliphatic hydroxyl groups excluding tert-OH is 1. The molecule has 2 aromatic carbocycles. The van der Waals surface area contributed by atoms with Gasteiger partial charge in [-0.2, -0.15) is 0 Å². The third-order valence-electron chi connectivity index (χ3n) is 8.01. The molecule has 3 heterocycles. The Morgan fingerprint density at radius 1 is 1.00 bits per heavy atom. The van der Waals surface area contributed by atoms with Crippen molar-refractivity contribution in [1.82, 2.24) is 9.38 Å². The van der Waals surface area contributed by atoms with Crippen LogP contribution in [0, 0.1) is 17.9 Å². The predicted octanol–water partition coefficient (Wildman–Crippen LogP) is 10.3. The van der Waals surface area contributed by atoms with Crippen LogP contribution >= 0.6 is 11.3 Å². The van der Waals surface area contributed by atoms with Crippen molar-refractivity contribution in [3.8, 4) is 11.4 Å². The van der Waals surface area contributed by atoms with Gasteiger partial charge in [-0.25, -0.2) is 0 Å². The Balaban J connectivity index is 0.000000263. The Morgan fingerprint density at radius 3 is 2.31 bits per heavy atom. The maximum absolute atomic E-state index is 11.7. The molecule has 6 heteroatoms. The minimum atomic E-state index is 0. The molecule has 0 atom stereocenters. The third-order valence-corrected chi connectivity index (χ3v) is 8.92. The summed E-state index contributed by atoms with van der Waals surface area (Å²) in [5.74, 6) is 1.51. The summed E-state index contributed by atoms with van der Waals surface area (Å²) in [6.45, 7) is 14.9. The minimum Gasteiger partial charge on any atom is -0.512 e. The van der Waals surface area contributed by atoms with Crippen molar-refractivity contribution in [1.29, 1.82) is 0 Å². The fourth-order valence-electron chi connectivity index (χ4n) is 5.43. The fourth-order valence-corrected chi connectivity index (χ4v) is 6.34. The molecule has 225 valence electrons. The second-order valence-electron chi connectivity index (χ2n) is 11.7.